The first-order chi connectivity index (χ1) is 10.8. The summed E-state index contributed by atoms with van der Waals surface area (Å²) in [4.78, 5) is 47.3. The molecule has 120 valence electrons. The molecule has 1 aromatic carbocycles. The maximum absolute atomic E-state index is 12.6. The van der Waals surface area contributed by atoms with Gasteiger partial charge in [-0.25, -0.2) is 4.79 Å². The number of anilines is 1. The third-order valence-corrected chi connectivity index (χ3v) is 4.12. The number of benzene rings is 1. The minimum atomic E-state index is -1.25. The third kappa shape index (κ3) is 2.32. The molecule has 3 rings (SSSR count). The number of imide groups is 1. The van der Waals surface area contributed by atoms with Crippen molar-refractivity contribution in [2.24, 2.45) is 0 Å². The Morgan fingerprint density at radius 1 is 1.39 bits per heavy atom. The molecule has 1 atom stereocenters. The quantitative estimate of drug-likeness (QED) is 0.699. The third-order valence-electron chi connectivity index (χ3n) is 4.12. The molecule has 8 heteroatoms. The number of urea groups is 1. The molecule has 1 saturated heterocycles. The second-order valence-electron chi connectivity index (χ2n) is 5.67. The van der Waals surface area contributed by atoms with Crippen LogP contribution in [-0.2, 0) is 26.3 Å². The van der Waals surface area contributed by atoms with Crippen molar-refractivity contribution in [3.05, 3.63) is 29.3 Å². The molecule has 0 bridgehead atoms. The van der Waals surface area contributed by atoms with E-state index in [0.717, 1.165) is 10.5 Å². The standard InChI is InChI=1S/C15H15N3O5/c1-8(19)16-10-2-3-11-9(6-10)4-5-15(11)13(22)18(7-12(20)21)14(23)17-15/h2-3,6H,4-5,7H2,1H3,(H,16,19)(H,17,23)(H,20,21). The Morgan fingerprint density at radius 2 is 2.13 bits per heavy atom. The molecule has 0 aromatic heterocycles. The van der Waals surface area contributed by atoms with Crippen LogP contribution in [0.4, 0.5) is 10.5 Å². The predicted molar refractivity (Wildman–Crippen MR) is 78.6 cm³/mol. The van der Waals surface area contributed by atoms with Crippen LogP contribution in [-0.4, -0.2) is 40.4 Å². The Hall–Kier alpha value is -2.90. The van der Waals surface area contributed by atoms with Crippen LogP contribution < -0.4 is 10.6 Å². The van der Waals surface area contributed by atoms with Crippen molar-refractivity contribution in [2.45, 2.75) is 25.3 Å². The molecule has 8 nitrogen and oxygen atoms in total. The summed E-state index contributed by atoms with van der Waals surface area (Å²) in [5.41, 5.74) is 0.920. The van der Waals surface area contributed by atoms with E-state index in [0.29, 0.717) is 24.1 Å². The van der Waals surface area contributed by atoms with Gasteiger partial charge in [0.15, 0.2) is 0 Å². The Balaban J connectivity index is 1.95. The Labute approximate surface area is 131 Å². The smallest absolute Gasteiger partial charge is 0.325 e. The Morgan fingerprint density at radius 3 is 2.78 bits per heavy atom. The lowest BCUT2D eigenvalue weighted by Crippen LogP contribution is -2.42. The Kier molecular flexibility index (Phi) is 3.32. The van der Waals surface area contributed by atoms with Crippen LogP contribution in [0.3, 0.4) is 0 Å². The highest BCUT2D eigenvalue weighted by atomic mass is 16.4. The van der Waals surface area contributed by atoms with Crippen LogP contribution in [0.1, 0.15) is 24.5 Å². The van der Waals surface area contributed by atoms with Crippen LogP contribution in [0.5, 0.6) is 0 Å². The number of hydrogen-bond acceptors (Lipinski definition) is 4. The summed E-state index contributed by atoms with van der Waals surface area (Å²) in [5, 5.41) is 14.1. The SMILES string of the molecule is CC(=O)Nc1ccc2c(c1)CCC21NC(=O)N(CC(=O)O)C1=O. The molecule has 0 radical (unpaired) electrons. The zero-order valence-corrected chi connectivity index (χ0v) is 12.4. The minimum Gasteiger partial charge on any atom is -0.480 e. The summed E-state index contributed by atoms with van der Waals surface area (Å²) >= 11 is 0. The van der Waals surface area contributed by atoms with Gasteiger partial charge in [0.25, 0.3) is 5.91 Å². The molecule has 1 fully saturated rings. The number of aryl methyl sites for hydroxylation is 1. The van der Waals surface area contributed by atoms with E-state index < -0.39 is 30.0 Å². The fraction of sp³-hybridized carbons (Fsp3) is 0.333. The summed E-state index contributed by atoms with van der Waals surface area (Å²) in [6.45, 7) is 0.741. The maximum atomic E-state index is 12.6. The van der Waals surface area contributed by atoms with Crippen molar-refractivity contribution in [3.63, 3.8) is 0 Å². The molecule has 1 aromatic rings. The fourth-order valence-electron chi connectivity index (χ4n) is 3.21. The highest BCUT2D eigenvalue weighted by molar-refractivity contribution is 6.09. The van der Waals surface area contributed by atoms with Crippen LogP contribution >= 0.6 is 0 Å². The second kappa shape index (κ2) is 5.08. The first-order valence-corrected chi connectivity index (χ1v) is 7.10. The summed E-state index contributed by atoms with van der Waals surface area (Å²) in [6.07, 6.45) is 0.919. The van der Waals surface area contributed by atoms with Gasteiger partial charge < -0.3 is 15.7 Å². The molecular formula is C15H15N3O5. The van der Waals surface area contributed by atoms with Crippen molar-refractivity contribution in [2.75, 3.05) is 11.9 Å². The lowest BCUT2D eigenvalue weighted by atomic mass is 9.91. The van der Waals surface area contributed by atoms with Crippen molar-refractivity contribution < 1.29 is 24.3 Å². The lowest BCUT2D eigenvalue weighted by molar-refractivity contribution is -0.142. The molecule has 1 aliphatic heterocycles. The highest BCUT2D eigenvalue weighted by Crippen LogP contribution is 2.42. The average Bonchev–Trinajstić information content (AvgIpc) is 2.92. The molecule has 1 unspecified atom stereocenters. The first kappa shape index (κ1) is 15.0. The molecule has 23 heavy (non-hydrogen) atoms. The van der Waals surface area contributed by atoms with Crippen LogP contribution in [0.25, 0.3) is 0 Å². The number of aliphatic carboxylic acids is 1. The van der Waals surface area contributed by atoms with Crippen molar-refractivity contribution in [3.8, 4) is 0 Å². The van der Waals surface area contributed by atoms with Gasteiger partial charge >= 0.3 is 12.0 Å². The fourth-order valence-corrected chi connectivity index (χ4v) is 3.21. The summed E-state index contributed by atoms with van der Waals surface area (Å²) in [6, 6.07) is 4.42. The van der Waals surface area contributed by atoms with Gasteiger partial charge in [0, 0.05) is 12.6 Å². The summed E-state index contributed by atoms with van der Waals surface area (Å²) in [5.74, 6) is -1.99. The van der Waals surface area contributed by atoms with Crippen molar-refractivity contribution in [1.29, 1.82) is 0 Å². The highest BCUT2D eigenvalue weighted by Gasteiger charge is 2.55. The number of carboxylic acid groups (broad SMARTS) is 1. The topological polar surface area (TPSA) is 116 Å². The molecule has 1 aliphatic carbocycles. The van der Waals surface area contributed by atoms with Gasteiger partial charge in [-0.05, 0) is 36.1 Å². The zero-order valence-electron chi connectivity index (χ0n) is 12.4. The van der Waals surface area contributed by atoms with E-state index in [9.17, 15) is 19.2 Å². The normalized spacial score (nSPS) is 22.2. The number of rotatable bonds is 3. The average molecular weight is 317 g/mol. The number of nitrogens with zero attached hydrogens (tertiary/aromatic N) is 1. The number of carbonyl (C=O) groups is 4. The Bertz CT molecular complexity index is 745. The second-order valence-corrected chi connectivity index (χ2v) is 5.67. The molecule has 3 N–H and O–H groups in total. The van der Waals surface area contributed by atoms with Crippen molar-refractivity contribution >= 4 is 29.5 Å². The molecule has 1 spiro atoms. The van der Waals surface area contributed by atoms with E-state index in [1.165, 1.54) is 6.92 Å². The predicted octanol–water partition coefficient (Wildman–Crippen LogP) is 0.423. The lowest BCUT2D eigenvalue weighted by Gasteiger charge is -2.22. The van der Waals surface area contributed by atoms with Gasteiger partial charge in [-0.3, -0.25) is 19.3 Å². The first-order valence-electron chi connectivity index (χ1n) is 7.10. The number of nitrogens with one attached hydrogen (secondary N) is 2. The maximum Gasteiger partial charge on any atom is 0.325 e. The molecule has 1 heterocycles. The van der Waals surface area contributed by atoms with Gasteiger partial charge in [-0.15, -0.1) is 0 Å². The number of fused-ring (bicyclic) bond motifs is 2. The molecular weight excluding hydrogens is 302 g/mol. The number of hydrogen-bond donors (Lipinski definition) is 3. The zero-order chi connectivity index (χ0) is 16.8. The molecule has 2 aliphatic rings. The van der Waals surface area contributed by atoms with E-state index in [4.69, 9.17) is 5.11 Å². The van der Waals surface area contributed by atoms with Gasteiger partial charge in [-0.2, -0.15) is 0 Å². The number of carbonyl (C=O) groups excluding carboxylic acids is 3. The van der Waals surface area contributed by atoms with Gasteiger partial charge in [-0.1, -0.05) is 6.07 Å². The van der Waals surface area contributed by atoms with Crippen LogP contribution in [0.15, 0.2) is 18.2 Å². The minimum absolute atomic E-state index is 0.199. The van der Waals surface area contributed by atoms with E-state index >= 15 is 0 Å². The van der Waals surface area contributed by atoms with E-state index in [2.05, 4.69) is 10.6 Å². The van der Waals surface area contributed by atoms with Gasteiger partial charge in [0.1, 0.15) is 12.1 Å². The summed E-state index contributed by atoms with van der Waals surface area (Å²) < 4.78 is 0. The van der Waals surface area contributed by atoms with Crippen LogP contribution in [0, 0.1) is 0 Å². The molecule has 0 saturated carbocycles. The number of amides is 4. The molecule has 4 amide bonds. The van der Waals surface area contributed by atoms with Crippen molar-refractivity contribution in [1.82, 2.24) is 10.2 Å². The van der Waals surface area contributed by atoms with Gasteiger partial charge in [0.05, 0.1) is 0 Å². The van der Waals surface area contributed by atoms with E-state index in [1.807, 2.05) is 0 Å². The number of carboxylic acids is 1. The van der Waals surface area contributed by atoms with E-state index in [-0.39, 0.29) is 5.91 Å². The summed E-state index contributed by atoms with van der Waals surface area (Å²) in [7, 11) is 0. The van der Waals surface area contributed by atoms with Crippen LogP contribution in [0.2, 0.25) is 0 Å². The monoisotopic (exact) mass is 317 g/mol. The van der Waals surface area contributed by atoms with E-state index in [1.54, 1.807) is 18.2 Å². The largest absolute Gasteiger partial charge is 0.480 e. The van der Waals surface area contributed by atoms with Gasteiger partial charge in [0.2, 0.25) is 5.91 Å².